The molecule has 4 nitrogen and oxygen atoms in total. The molecule has 1 aromatic carbocycles. The van der Waals surface area contributed by atoms with E-state index in [1.807, 2.05) is 0 Å². The molecule has 2 unspecified atom stereocenters. The van der Waals surface area contributed by atoms with Crippen LogP contribution in [0.25, 0.3) is 0 Å². The highest BCUT2D eigenvalue weighted by atomic mass is 79.9. The summed E-state index contributed by atoms with van der Waals surface area (Å²) in [5.74, 6) is 1.04. The molecule has 19 heavy (non-hydrogen) atoms. The Labute approximate surface area is 120 Å². The van der Waals surface area contributed by atoms with Crippen LogP contribution in [0.5, 0.6) is 11.5 Å². The standard InChI is InChI=1S/C14H17BrO4/c1-18-13-7-9(8-16)6-10(15)14(13)19-12-5-3-2-4-11(12)17/h6-8,11-12,17H,2-5H2,1H3. The SMILES string of the molecule is COc1cc(C=O)cc(Br)c1OC1CCCCC1O. The van der Waals surface area contributed by atoms with Crippen molar-refractivity contribution in [1.82, 2.24) is 0 Å². The van der Waals surface area contributed by atoms with E-state index in [2.05, 4.69) is 15.9 Å². The molecule has 1 N–H and O–H groups in total. The molecular formula is C14H17BrO4. The number of aliphatic hydroxyl groups is 1. The number of halogens is 1. The zero-order valence-electron chi connectivity index (χ0n) is 10.8. The van der Waals surface area contributed by atoms with Crippen LogP contribution in [0.2, 0.25) is 0 Å². The van der Waals surface area contributed by atoms with E-state index in [1.54, 1.807) is 12.1 Å². The number of rotatable bonds is 4. The van der Waals surface area contributed by atoms with Crippen LogP contribution in [0.15, 0.2) is 16.6 Å². The van der Waals surface area contributed by atoms with Crippen LogP contribution in [0, 0.1) is 0 Å². The van der Waals surface area contributed by atoms with Crippen molar-refractivity contribution in [2.24, 2.45) is 0 Å². The molecule has 1 aliphatic carbocycles. The summed E-state index contributed by atoms with van der Waals surface area (Å²) in [5, 5.41) is 9.95. The first kappa shape index (κ1) is 14.3. The lowest BCUT2D eigenvalue weighted by molar-refractivity contribution is 0.00527. The van der Waals surface area contributed by atoms with Gasteiger partial charge >= 0.3 is 0 Å². The number of benzene rings is 1. The summed E-state index contributed by atoms with van der Waals surface area (Å²) < 4.78 is 11.8. The number of methoxy groups -OCH3 is 1. The molecule has 1 saturated carbocycles. The summed E-state index contributed by atoms with van der Waals surface area (Å²) >= 11 is 3.38. The third kappa shape index (κ3) is 3.28. The van der Waals surface area contributed by atoms with Gasteiger partial charge in [-0.25, -0.2) is 0 Å². The maximum absolute atomic E-state index is 10.8. The Kier molecular flexibility index (Phi) is 4.82. The molecule has 2 atom stereocenters. The minimum Gasteiger partial charge on any atom is -0.493 e. The molecule has 1 aliphatic rings. The van der Waals surface area contributed by atoms with Crippen LogP contribution in [0.1, 0.15) is 36.0 Å². The summed E-state index contributed by atoms with van der Waals surface area (Å²) in [7, 11) is 1.53. The Hall–Kier alpha value is -1.07. The van der Waals surface area contributed by atoms with E-state index >= 15 is 0 Å². The molecule has 0 heterocycles. The van der Waals surface area contributed by atoms with Gasteiger partial charge in [-0.05, 0) is 47.3 Å². The van der Waals surface area contributed by atoms with Gasteiger partial charge in [-0.15, -0.1) is 0 Å². The molecule has 0 aromatic heterocycles. The number of carbonyl (C=O) groups excluding carboxylic acids is 1. The second kappa shape index (κ2) is 6.39. The molecule has 5 heteroatoms. The number of carbonyl (C=O) groups is 1. The van der Waals surface area contributed by atoms with E-state index in [-0.39, 0.29) is 6.10 Å². The lowest BCUT2D eigenvalue weighted by Crippen LogP contribution is -2.34. The first-order valence-corrected chi connectivity index (χ1v) is 7.12. The fourth-order valence-electron chi connectivity index (χ4n) is 2.29. The topological polar surface area (TPSA) is 55.8 Å². The normalized spacial score (nSPS) is 22.9. The van der Waals surface area contributed by atoms with Crippen molar-refractivity contribution in [1.29, 1.82) is 0 Å². The van der Waals surface area contributed by atoms with Crippen LogP contribution >= 0.6 is 15.9 Å². The van der Waals surface area contributed by atoms with Gasteiger partial charge in [0.05, 0.1) is 17.7 Å². The Balaban J connectivity index is 2.25. The Bertz CT molecular complexity index is 461. The van der Waals surface area contributed by atoms with Crippen LogP contribution in [-0.4, -0.2) is 30.7 Å². The van der Waals surface area contributed by atoms with Gasteiger partial charge < -0.3 is 14.6 Å². The quantitative estimate of drug-likeness (QED) is 0.863. The number of aliphatic hydroxyl groups excluding tert-OH is 1. The Morgan fingerprint density at radius 1 is 1.37 bits per heavy atom. The number of hydrogen-bond donors (Lipinski definition) is 1. The minimum absolute atomic E-state index is 0.221. The lowest BCUT2D eigenvalue weighted by atomic mass is 9.95. The number of hydrogen-bond acceptors (Lipinski definition) is 4. The van der Waals surface area contributed by atoms with Gasteiger partial charge in [0.1, 0.15) is 12.4 Å². The lowest BCUT2D eigenvalue weighted by Gasteiger charge is -2.29. The van der Waals surface area contributed by atoms with E-state index in [0.29, 0.717) is 21.5 Å². The molecule has 0 spiro atoms. The molecule has 1 aromatic rings. The molecule has 0 bridgehead atoms. The summed E-state index contributed by atoms with van der Waals surface area (Å²) in [6, 6.07) is 3.31. The average molecular weight is 329 g/mol. The van der Waals surface area contributed by atoms with Gasteiger partial charge in [-0.3, -0.25) is 4.79 Å². The van der Waals surface area contributed by atoms with Crippen molar-refractivity contribution < 1.29 is 19.4 Å². The molecule has 104 valence electrons. The monoisotopic (exact) mass is 328 g/mol. The minimum atomic E-state index is -0.448. The second-order valence-electron chi connectivity index (χ2n) is 4.66. The average Bonchev–Trinajstić information content (AvgIpc) is 2.42. The van der Waals surface area contributed by atoms with Gasteiger partial charge in [-0.2, -0.15) is 0 Å². The first-order valence-electron chi connectivity index (χ1n) is 6.33. The summed E-state index contributed by atoms with van der Waals surface area (Å²) in [4.78, 5) is 10.8. The first-order chi connectivity index (χ1) is 9.15. The maximum atomic E-state index is 10.8. The van der Waals surface area contributed by atoms with Crippen molar-refractivity contribution in [2.75, 3.05) is 7.11 Å². The van der Waals surface area contributed by atoms with Crippen molar-refractivity contribution in [3.8, 4) is 11.5 Å². The van der Waals surface area contributed by atoms with Crippen LogP contribution in [-0.2, 0) is 0 Å². The van der Waals surface area contributed by atoms with E-state index in [1.165, 1.54) is 7.11 Å². The van der Waals surface area contributed by atoms with Crippen molar-refractivity contribution >= 4 is 22.2 Å². The van der Waals surface area contributed by atoms with Crippen LogP contribution in [0.3, 0.4) is 0 Å². The molecule has 0 amide bonds. The van der Waals surface area contributed by atoms with Gasteiger partial charge in [0, 0.05) is 5.56 Å². The summed E-state index contributed by atoms with van der Waals surface area (Å²) in [5.41, 5.74) is 0.514. The molecule has 0 radical (unpaired) electrons. The highest BCUT2D eigenvalue weighted by Gasteiger charge is 2.26. The van der Waals surface area contributed by atoms with Crippen molar-refractivity contribution in [3.63, 3.8) is 0 Å². The van der Waals surface area contributed by atoms with Gasteiger partial charge in [0.2, 0.25) is 0 Å². The fraction of sp³-hybridized carbons (Fsp3) is 0.500. The van der Waals surface area contributed by atoms with Gasteiger partial charge in [0.15, 0.2) is 11.5 Å². The van der Waals surface area contributed by atoms with E-state index in [0.717, 1.165) is 32.0 Å². The van der Waals surface area contributed by atoms with Gasteiger partial charge in [0.25, 0.3) is 0 Å². The Morgan fingerprint density at radius 2 is 2.11 bits per heavy atom. The third-order valence-corrected chi connectivity index (χ3v) is 3.91. The van der Waals surface area contributed by atoms with E-state index < -0.39 is 6.10 Å². The predicted octanol–water partition coefficient (Wildman–Crippen LogP) is 2.95. The number of ether oxygens (including phenoxy) is 2. The fourth-order valence-corrected chi connectivity index (χ4v) is 2.84. The molecule has 2 rings (SSSR count). The molecule has 0 saturated heterocycles. The maximum Gasteiger partial charge on any atom is 0.175 e. The van der Waals surface area contributed by atoms with Crippen LogP contribution in [0.4, 0.5) is 0 Å². The van der Waals surface area contributed by atoms with Crippen molar-refractivity contribution in [3.05, 3.63) is 22.2 Å². The van der Waals surface area contributed by atoms with Gasteiger partial charge in [-0.1, -0.05) is 6.42 Å². The zero-order valence-corrected chi connectivity index (χ0v) is 12.4. The van der Waals surface area contributed by atoms with Crippen LogP contribution < -0.4 is 9.47 Å². The van der Waals surface area contributed by atoms with E-state index in [4.69, 9.17) is 9.47 Å². The highest BCUT2D eigenvalue weighted by molar-refractivity contribution is 9.10. The molecule has 0 aliphatic heterocycles. The highest BCUT2D eigenvalue weighted by Crippen LogP contribution is 2.38. The zero-order chi connectivity index (χ0) is 13.8. The number of aldehydes is 1. The smallest absolute Gasteiger partial charge is 0.175 e. The predicted molar refractivity (Wildman–Crippen MR) is 75.0 cm³/mol. The largest absolute Gasteiger partial charge is 0.493 e. The molecule has 1 fully saturated rings. The summed E-state index contributed by atoms with van der Waals surface area (Å²) in [6.45, 7) is 0. The summed E-state index contributed by atoms with van der Waals surface area (Å²) in [6.07, 6.45) is 3.75. The Morgan fingerprint density at radius 3 is 2.74 bits per heavy atom. The van der Waals surface area contributed by atoms with E-state index in [9.17, 15) is 9.90 Å². The third-order valence-electron chi connectivity index (χ3n) is 3.32. The van der Waals surface area contributed by atoms with Crippen molar-refractivity contribution in [2.45, 2.75) is 37.9 Å². The molecular weight excluding hydrogens is 312 g/mol. The second-order valence-corrected chi connectivity index (χ2v) is 5.51.